The number of benzene rings is 2. The van der Waals surface area contributed by atoms with Crippen molar-refractivity contribution < 1.29 is 14.3 Å². The number of aromatic nitrogens is 1. The van der Waals surface area contributed by atoms with Gasteiger partial charge < -0.3 is 24.8 Å². The molecule has 4 heterocycles. The number of aromatic amines is 1. The van der Waals surface area contributed by atoms with Crippen LogP contribution in [0.15, 0.2) is 59.9 Å². The number of nitrogens with zero attached hydrogens (tertiary/aromatic N) is 5. The van der Waals surface area contributed by atoms with Crippen molar-refractivity contribution in [2.45, 2.75) is 59.7 Å². The number of amides is 2. The highest BCUT2D eigenvalue weighted by atomic mass is 16.5. The number of piperidine rings is 1. The molecular formula is C41H55N7O4. The van der Waals surface area contributed by atoms with Crippen LogP contribution in [0, 0.1) is 20.8 Å². The summed E-state index contributed by atoms with van der Waals surface area (Å²) in [6.45, 7) is 22.4. The molecule has 11 nitrogen and oxygen atoms in total. The Labute approximate surface area is 308 Å². The van der Waals surface area contributed by atoms with Gasteiger partial charge in [-0.3, -0.25) is 19.3 Å². The van der Waals surface area contributed by atoms with Crippen LogP contribution in [-0.4, -0.2) is 115 Å². The van der Waals surface area contributed by atoms with Gasteiger partial charge in [0.1, 0.15) is 0 Å². The Hall–Kier alpha value is -4.29. The molecule has 11 heteroatoms. The van der Waals surface area contributed by atoms with Crippen molar-refractivity contribution in [2.24, 2.45) is 0 Å². The maximum atomic E-state index is 14.0. The van der Waals surface area contributed by atoms with Crippen molar-refractivity contribution in [3.8, 4) is 11.1 Å². The molecule has 278 valence electrons. The van der Waals surface area contributed by atoms with Crippen molar-refractivity contribution in [1.82, 2.24) is 30.1 Å². The Balaban J connectivity index is 1.23. The highest BCUT2D eigenvalue weighted by molar-refractivity contribution is 5.99. The maximum Gasteiger partial charge on any atom is 0.253 e. The van der Waals surface area contributed by atoms with E-state index >= 15 is 0 Å². The Morgan fingerprint density at radius 1 is 0.923 bits per heavy atom. The molecule has 3 aromatic rings. The Bertz CT molecular complexity index is 1780. The van der Waals surface area contributed by atoms with E-state index in [1.54, 1.807) is 0 Å². The van der Waals surface area contributed by atoms with Gasteiger partial charge in [0, 0.05) is 101 Å². The van der Waals surface area contributed by atoms with E-state index in [0.29, 0.717) is 24.2 Å². The molecule has 3 aliphatic rings. The first-order valence-electron chi connectivity index (χ1n) is 18.8. The first-order valence-corrected chi connectivity index (χ1v) is 18.8. The monoisotopic (exact) mass is 709 g/mol. The van der Waals surface area contributed by atoms with Gasteiger partial charge in [-0.15, -0.1) is 0 Å². The van der Waals surface area contributed by atoms with E-state index in [0.717, 1.165) is 112 Å². The quantitative estimate of drug-likeness (QED) is 0.285. The smallest absolute Gasteiger partial charge is 0.253 e. The number of hydrazine groups is 1. The lowest BCUT2D eigenvalue weighted by Gasteiger charge is -2.42. The SMILES string of the molecule is C=CC(=O)N1CCC(N(CC)c2cc(-c3ccc(CN4CCN(N5CCOCC5)CC4)cc3)cc(C(=O)NCc3c(C)cc(C)[nH]c3=O)c2C)CC1. The van der Waals surface area contributed by atoms with Crippen LogP contribution in [-0.2, 0) is 22.6 Å². The standard InChI is InChI=1S/C41H55N7O4/c1-6-39(49)45-14-12-35(13-15-45)48(7-2)38-26-34(25-36(31(38)5)40(50)42-27-37-29(3)24-30(4)43-41(37)51)33-10-8-32(9-11-33)28-44-16-18-46(19-17-44)47-20-22-52-23-21-47/h6,8-11,24-26,35H,1,7,12-23,27-28H2,2-5H3,(H,42,50)(H,43,51). The molecule has 52 heavy (non-hydrogen) atoms. The number of anilines is 1. The fourth-order valence-corrected chi connectivity index (χ4v) is 7.99. The minimum atomic E-state index is -0.213. The van der Waals surface area contributed by atoms with Crippen LogP contribution < -0.4 is 15.8 Å². The minimum absolute atomic E-state index is 0.0278. The van der Waals surface area contributed by atoms with Crippen molar-refractivity contribution in [2.75, 3.05) is 77.0 Å². The number of aryl methyl sites for hydroxylation is 2. The lowest BCUT2D eigenvalue weighted by molar-refractivity contribution is -0.127. The summed E-state index contributed by atoms with van der Waals surface area (Å²) >= 11 is 0. The summed E-state index contributed by atoms with van der Waals surface area (Å²) < 4.78 is 5.53. The van der Waals surface area contributed by atoms with Gasteiger partial charge in [0.25, 0.3) is 11.5 Å². The summed E-state index contributed by atoms with van der Waals surface area (Å²) in [5, 5.41) is 7.97. The summed E-state index contributed by atoms with van der Waals surface area (Å²) in [5.41, 5.74) is 7.82. The lowest BCUT2D eigenvalue weighted by atomic mass is 9.94. The molecule has 2 amide bonds. The van der Waals surface area contributed by atoms with Crippen LogP contribution in [0.5, 0.6) is 0 Å². The minimum Gasteiger partial charge on any atom is -0.379 e. The van der Waals surface area contributed by atoms with Crippen molar-refractivity contribution in [3.05, 3.63) is 99.0 Å². The first kappa shape index (κ1) is 37.5. The van der Waals surface area contributed by atoms with Crippen molar-refractivity contribution in [1.29, 1.82) is 0 Å². The number of rotatable bonds is 11. The van der Waals surface area contributed by atoms with E-state index in [9.17, 15) is 14.4 Å². The van der Waals surface area contributed by atoms with Crippen LogP contribution in [0.2, 0.25) is 0 Å². The fourth-order valence-electron chi connectivity index (χ4n) is 7.99. The third-order valence-corrected chi connectivity index (χ3v) is 11.0. The third kappa shape index (κ3) is 8.66. The molecule has 0 radical (unpaired) electrons. The Morgan fingerprint density at radius 3 is 2.23 bits per heavy atom. The number of H-pyrrole nitrogens is 1. The Kier molecular flexibility index (Phi) is 12.3. The summed E-state index contributed by atoms with van der Waals surface area (Å²) in [6.07, 6.45) is 3.06. The molecule has 0 spiro atoms. The zero-order valence-corrected chi connectivity index (χ0v) is 31.4. The molecule has 1 aromatic heterocycles. The summed E-state index contributed by atoms with van der Waals surface area (Å²) in [6, 6.07) is 15.1. The molecule has 0 bridgehead atoms. The molecule has 0 aliphatic carbocycles. The highest BCUT2D eigenvalue weighted by Crippen LogP contribution is 2.34. The molecule has 3 fully saturated rings. The zero-order valence-electron chi connectivity index (χ0n) is 31.4. The predicted molar refractivity (Wildman–Crippen MR) is 206 cm³/mol. The van der Waals surface area contributed by atoms with E-state index in [1.807, 2.05) is 37.8 Å². The van der Waals surface area contributed by atoms with E-state index in [2.05, 4.69) is 74.0 Å². The second-order valence-corrected chi connectivity index (χ2v) is 14.3. The van der Waals surface area contributed by atoms with E-state index in [1.165, 1.54) is 11.6 Å². The molecule has 3 saturated heterocycles. The number of piperazine rings is 1. The second kappa shape index (κ2) is 17.0. The second-order valence-electron chi connectivity index (χ2n) is 14.3. The summed E-state index contributed by atoms with van der Waals surface area (Å²) in [4.78, 5) is 48.7. The number of hydrogen-bond acceptors (Lipinski definition) is 8. The highest BCUT2D eigenvalue weighted by Gasteiger charge is 2.28. The average molecular weight is 710 g/mol. The van der Waals surface area contributed by atoms with Gasteiger partial charge in [-0.2, -0.15) is 0 Å². The van der Waals surface area contributed by atoms with Crippen LogP contribution in [0.1, 0.15) is 58.1 Å². The average Bonchev–Trinajstić information content (AvgIpc) is 3.16. The van der Waals surface area contributed by atoms with Crippen molar-refractivity contribution in [3.63, 3.8) is 0 Å². The molecule has 2 aromatic carbocycles. The molecule has 0 atom stereocenters. The summed E-state index contributed by atoms with van der Waals surface area (Å²) in [7, 11) is 0. The van der Waals surface area contributed by atoms with E-state index in [-0.39, 0.29) is 30.0 Å². The first-order chi connectivity index (χ1) is 25.1. The maximum absolute atomic E-state index is 14.0. The number of carbonyl (C=O) groups is 2. The summed E-state index contributed by atoms with van der Waals surface area (Å²) in [5.74, 6) is -0.241. The molecular weight excluding hydrogens is 654 g/mol. The van der Waals surface area contributed by atoms with Gasteiger partial charge >= 0.3 is 0 Å². The predicted octanol–water partition coefficient (Wildman–Crippen LogP) is 4.27. The lowest BCUT2D eigenvalue weighted by Crippen LogP contribution is -2.56. The van der Waals surface area contributed by atoms with Gasteiger partial charge in [-0.05, 0) is 92.6 Å². The number of carbonyl (C=O) groups excluding carboxylic acids is 2. The molecule has 2 N–H and O–H groups in total. The van der Waals surface area contributed by atoms with Gasteiger partial charge in [-0.25, -0.2) is 10.0 Å². The van der Waals surface area contributed by atoms with Crippen molar-refractivity contribution >= 4 is 17.5 Å². The van der Waals surface area contributed by atoms with Crippen LogP contribution in [0.3, 0.4) is 0 Å². The molecule has 0 saturated carbocycles. The number of morpholine rings is 1. The molecule has 6 rings (SSSR count). The van der Waals surface area contributed by atoms with Gasteiger partial charge in [0.15, 0.2) is 0 Å². The number of likely N-dealkylation sites (tertiary alicyclic amines) is 1. The molecule has 0 unspecified atom stereocenters. The van der Waals surface area contributed by atoms with Crippen LogP contribution >= 0.6 is 0 Å². The molecule has 3 aliphatic heterocycles. The topological polar surface area (TPSA) is 104 Å². The van der Waals surface area contributed by atoms with Crippen LogP contribution in [0.25, 0.3) is 11.1 Å². The van der Waals surface area contributed by atoms with E-state index < -0.39 is 0 Å². The fraction of sp³-hybridized carbons (Fsp3) is 0.488. The normalized spacial score (nSPS) is 18.0. The van der Waals surface area contributed by atoms with Gasteiger partial charge in [0.05, 0.1) is 13.2 Å². The van der Waals surface area contributed by atoms with Crippen LogP contribution in [0.4, 0.5) is 5.69 Å². The Morgan fingerprint density at radius 2 is 1.60 bits per heavy atom. The number of nitrogens with one attached hydrogen (secondary N) is 2. The third-order valence-electron chi connectivity index (χ3n) is 11.0. The van der Waals surface area contributed by atoms with Gasteiger partial charge in [-0.1, -0.05) is 30.8 Å². The largest absolute Gasteiger partial charge is 0.379 e. The van der Waals surface area contributed by atoms with Gasteiger partial charge in [0.2, 0.25) is 5.91 Å². The number of pyridine rings is 1. The van der Waals surface area contributed by atoms with E-state index in [4.69, 9.17) is 4.74 Å². The number of hydrogen-bond donors (Lipinski definition) is 2. The number of ether oxygens (including phenoxy) is 1. The zero-order chi connectivity index (χ0) is 36.8.